The summed E-state index contributed by atoms with van der Waals surface area (Å²) >= 11 is 1.64. The van der Waals surface area contributed by atoms with Crippen molar-refractivity contribution in [1.29, 1.82) is 0 Å². The summed E-state index contributed by atoms with van der Waals surface area (Å²) in [6, 6.07) is 9.14. The van der Waals surface area contributed by atoms with E-state index in [4.69, 9.17) is 4.98 Å². The first-order chi connectivity index (χ1) is 13.4. The van der Waals surface area contributed by atoms with Crippen LogP contribution in [0.25, 0.3) is 10.2 Å². The van der Waals surface area contributed by atoms with Crippen LogP contribution in [0.3, 0.4) is 0 Å². The van der Waals surface area contributed by atoms with Crippen molar-refractivity contribution < 1.29 is 4.79 Å². The second-order valence-electron chi connectivity index (χ2n) is 6.99. The fraction of sp³-hybridized carbons (Fsp3) is 0.368. The Kier molecular flexibility index (Phi) is 4.76. The molecule has 1 amide bonds. The van der Waals surface area contributed by atoms with E-state index in [2.05, 4.69) is 16.3 Å². The van der Waals surface area contributed by atoms with E-state index in [-0.39, 0.29) is 11.7 Å². The summed E-state index contributed by atoms with van der Waals surface area (Å²) in [6.45, 7) is 1.53. The van der Waals surface area contributed by atoms with Crippen molar-refractivity contribution in [2.75, 3.05) is 18.0 Å². The highest BCUT2D eigenvalue weighted by Crippen LogP contribution is 2.30. The van der Waals surface area contributed by atoms with Crippen LogP contribution in [0.2, 0.25) is 0 Å². The summed E-state index contributed by atoms with van der Waals surface area (Å²) < 4.78 is 3.32. The highest BCUT2D eigenvalue weighted by atomic mass is 32.1. The molecule has 1 saturated heterocycles. The van der Waals surface area contributed by atoms with E-state index >= 15 is 0 Å². The zero-order chi connectivity index (χ0) is 19.8. The Morgan fingerprint density at radius 3 is 2.79 bits per heavy atom. The minimum absolute atomic E-state index is 0.0743. The Morgan fingerprint density at radius 2 is 2.00 bits per heavy atom. The number of hydrogen-bond donors (Lipinski definition) is 1. The third-order valence-corrected chi connectivity index (χ3v) is 6.17. The molecule has 0 spiro atoms. The molecule has 1 atom stereocenters. The molecule has 146 valence electrons. The molecule has 0 aliphatic carbocycles. The molecule has 1 aliphatic heterocycles. The molecule has 9 heteroatoms. The van der Waals surface area contributed by atoms with E-state index in [1.807, 2.05) is 18.2 Å². The van der Waals surface area contributed by atoms with Crippen molar-refractivity contribution in [3.63, 3.8) is 0 Å². The summed E-state index contributed by atoms with van der Waals surface area (Å²) in [5.74, 6) is -0.409. The van der Waals surface area contributed by atoms with Gasteiger partial charge in [-0.05, 0) is 25.0 Å². The predicted molar refractivity (Wildman–Crippen MR) is 109 cm³/mol. The van der Waals surface area contributed by atoms with Crippen LogP contribution in [0.5, 0.6) is 0 Å². The number of anilines is 1. The summed E-state index contributed by atoms with van der Waals surface area (Å²) in [7, 11) is 2.88. The van der Waals surface area contributed by atoms with Crippen LogP contribution in [0.1, 0.15) is 23.3 Å². The van der Waals surface area contributed by atoms with Crippen molar-refractivity contribution in [2.45, 2.75) is 18.9 Å². The molecule has 1 fully saturated rings. The van der Waals surface area contributed by atoms with Gasteiger partial charge in [0.25, 0.3) is 11.5 Å². The van der Waals surface area contributed by atoms with E-state index in [9.17, 15) is 14.4 Å². The lowest BCUT2D eigenvalue weighted by Gasteiger charge is -2.33. The van der Waals surface area contributed by atoms with Crippen LogP contribution >= 0.6 is 11.3 Å². The molecule has 0 bridgehead atoms. The van der Waals surface area contributed by atoms with Crippen LogP contribution in [0.15, 0.2) is 39.9 Å². The predicted octanol–water partition coefficient (Wildman–Crippen LogP) is 1.09. The minimum Gasteiger partial charge on any atom is -0.346 e. The van der Waals surface area contributed by atoms with Gasteiger partial charge in [0.1, 0.15) is 5.69 Å². The summed E-state index contributed by atoms with van der Waals surface area (Å²) in [4.78, 5) is 43.5. The lowest BCUT2D eigenvalue weighted by molar-refractivity contribution is 0.0922. The minimum atomic E-state index is -0.516. The van der Waals surface area contributed by atoms with Gasteiger partial charge < -0.3 is 10.2 Å². The fourth-order valence-corrected chi connectivity index (χ4v) is 4.47. The number of para-hydroxylation sites is 1. The molecule has 3 aromatic rings. The van der Waals surface area contributed by atoms with Crippen molar-refractivity contribution >= 4 is 32.6 Å². The number of aromatic nitrogens is 3. The molecule has 1 aromatic carbocycles. The van der Waals surface area contributed by atoms with Gasteiger partial charge >= 0.3 is 5.69 Å². The number of rotatable bonds is 3. The van der Waals surface area contributed by atoms with Gasteiger partial charge in [-0.2, -0.15) is 0 Å². The summed E-state index contributed by atoms with van der Waals surface area (Å²) in [6.07, 6.45) is 1.77. The van der Waals surface area contributed by atoms with Gasteiger partial charge in [-0.25, -0.2) is 9.78 Å². The SMILES string of the molecule is Cn1c(C(=O)NC2CCCN(c3nc4ccccc4s3)C2)cc(=O)n(C)c1=O. The lowest BCUT2D eigenvalue weighted by atomic mass is 10.1. The first-order valence-corrected chi connectivity index (χ1v) is 9.94. The number of nitrogens with zero attached hydrogens (tertiary/aromatic N) is 4. The standard InChI is InChI=1S/C19H21N5O3S/c1-22-14(10-16(25)23(2)19(22)27)17(26)20-12-6-5-9-24(11-12)18-21-13-7-3-4-8-15(13)28-18/h3-4,7-8,10,12H,5-6,9,11H2,1-2H3,(H,20,26). The maximum Gasteiger partial charge on any atom is 0.331 e. The molecular weight excluding hydrogens is 378 g/mol. The number of fused-ring (bicyclic) bond motifs is 1. The molecule has 1 N–H and O–H groups in total. The van der Waals surface area contributed by atoms with Gasteiger partial charge in [0.15, 0.2) is 5.13 Å². The molecule has 3 heterocycles. The number of thiazole rings is 1. The van der Waals surface area contributed by atoms with Crippen LogP contribution in [0, 0.1) is 0 Å². The van der Waals surface area contributed by atoms with Crippen molar-refractivity contribution in [1.82, 2.24) is 19.4 Å². The maximum atomic E-state index is 12.7. The van der Waals surface area contributed by atoms with E-state index in [1.165, 1.54) is 24.7 Å². The molecule has 2 aromatic heterocycles. The average molecular weight is 399 g/mol. The number of carbonyl (C=O) groups is 1. The van der Waals surface area contributed by atoms with E-state index in [0.717, 1.165) is 39.3 Å². The molecule has 0 saturated carbocycles. The Balaban J connectivity index is 1.52. The number of benzene rings is 1. The van der Waals surface area contributed by atoms with Crippen LogP contribution in [-0.4, -0.2) is 39.2 Å². The van der Waals surface area contributed by atoms with Gasteiger partial charge in [-0.1, -0.05) is 23.5 Å². The maximum absolute atomic E-state index is 12.7. The smallest absolute Gasteiger partial charge is 0.331 e. The normalized spacial score (nSPS) is 17.1. The van der Waals surface area contributed by atoms with Gasteiger partial charge in [0.2, 0.25) is 0 Å². The van der Waals surface area contributed by atoms with Gasteiger partial charge in [0, 0.05) is 39.3 Å². The Morgan fingerprint density at radius 1 is 1.21 bits per heavy atom. The first kappa shape index (κ1) is 18.4. The zero-order valence-electron chi connectivity index (χ0n) is 15.7. The van der Waals surface area contributed by atoms with E-state index < -0.39 is 17.2 Å². The Hall–Kier alpha value is -2.94. The molecule has 28 heavy (non-hydrogen) atoms. The molecule has 4 rings (SSSR count). The van der Waals surface area contributed by atoms with Gasteiger partial charge in [-0.3, -0.25) is 18.7 Å². The molecule has 1 unspecified atom stereocenters. The monoisotopic (exact) mass is 399 g/mol. The zero-order valence-corrected chi connectivity index (χ0v) is 16.5. The van der Waals surface area contributed by atoms with Crippen molar-refractivity contribution in [3.05, 3.63) is 56.9 Å². The quantitative estimate of drug-likeness (QED) is 0.712. The molecular formula is C19H21N5O3S. The van der Waals surface area contributed by atoms with Crippen LogP contribution in [0.4, 0.5) is 5.13 Å². The van der Waals surface area contributed by atoms with Crippen LogP contribution < -0.4 is 21.5 Å². The van der Waals surface area contributed by atoms with Crippen LogP contribution in [-0.2, 0) is 14.1 Å². The topological polar surface area (TPSA) is 89.2 Å². The highest BCUT2D eigenvalue weighted by molar-refractivity contribution is 7.22. The summed E-state index contributed by atoms with van der Waals surface area (Å²) in [5, 5.41) is 3.92. The largest absolute Gasteiger partial charge is 0.346 e. The number of hydrogen-bond acceptors (Lipinski definition) is 6. The first-order valence-electron chi connectivity index (χ1n) is 9.12. The number of nitrogens with one attached hydrogen (secondary N) is 1. The van der Waals surface area contributed by atoms with Gasteiger partial charge in [0.05, 0.1) is 10.2 Å². The summed E-state index contributed by atoms with van der Waals surface area (Å²) in [5.41, 5.74) is 0.0411. The third-order valence-electron chi connectivity index (χ3n) is 5.07. The van der Waals surface area contributed by atoms with Crippen molar-refractivity contribution in [2.24, 2.45) is 14.1 Å². The number of piperidine rings is 1. The highest BCUT2D eigenvalue weighted by Gasteiger charge is 2.25. The number of amides is 1. The lowest BCUT2D eigenvalue weighted by Crippen LogP contribution is -2.49. The second kappa shape index (κ2) is 7.23. The molecule has 0 radical (unpaired) electrons. The molecule has 8 nitrogen and oxygen atoms in total. The van der Waals surface area contributed by atoms with E-state index in [0.29, 0.717) is 6.54 Å². The number of carbonyl (C=O) groups excluding carboxylic acids is 1. The average Bonchev–Trinajstić information content (AvgIpc) is 3.13. The van der Waals surface area contributed by atoms with E-state index in [1.54, 1.807) is 11.3 Å². The Labute approximate surface area is 165 Å². The Bertz CT molecular complexity index is 1130. The molecule has 1 aliphatic rings. The third kappa shape index (κ3) is 3.33. The second-order valence-corrected chi connectivity index (χ2v) is 8.00. The van der Waals surface area contributed by atoms with Gasteiger partial charge in [-0.15, -0.1) is 0 Å². The van der Waals surface area contributed by atoms with Crippen molar-refractivity contribution in [3.8, 4) is 0 Å². The fourth-order valence-electron chi connectivity index (χ4n) is 3.47.